The van der Waals surface area contributed by atoms with Gasteiger partial charge in [-0.1, -0.05) is 11.8 Å². The number of methoxy groups -OCH3 is 6. The van der Waals surface area contributed by atoms with Crippen LogP contribution in [0.15, 0.2) is 24.3 Å². The first-order chi connectivity index (χ1) is 17.9. The number of hydrogen-bond donors (Lipinski definition) is 2. The fourth-order valence-electron chi connectivity index (χ4n) is 3.14. The fourth-order valence-corrected chi connectivity index (χ4v) is 3.14. The zero-order chi connectivity index (χ0) is 27.2. The summed E-state index contributed by atoms with van der Waals surface area (Å²) in [5.74, 6) is 12.3. The SMILES string of the molecule is COc1cc(C#CC(=O)NCCCNC(=O)C#Cc2cc(OC)c(OC)c(OC)c2)cc(OC)c1OC. The van der Waals surface area contributed by atoms with E-state index in [1.807, 2.05) is 0 Å². The molecule has 2 N–H and O–H groups in total. The second kappa shape index (κ2) is 14.6. The molecule has 0 unspecified atom stereocenters. The standard InChI is InChI=1S/C27H30N2O8/c1-32-20-14-18(15-21(33-2)26(20)36-5)8-10-24(30)28-12-7-13-29-25(31)11-9-19-16-22(34-3)27(37-6)23(17-19)35-4/h14-17H,7,12-13H2,1-6H3,(H,28,30)(H,29,31). The lowest BCUT2D eigenvalue weighted by Crippen LogP contribution is -2.28. The van der Waals surface area contributed by atoms with Gasteiger partial charge < -0.3 is 39.1 Å². The van der Waals surface area contributed by atoms with Crippen LogP contribution in [0, 0.1) is 23.7 Å². The predicted octanol–water partition coefficient (Wildman–Crippen LogP) is 1.76. The molecule has 0 saturated heterocycles. The van der Waals surface area contributed by atoms with Crippen LogP contribution in [0.25, 0.3) is 0 Å². The van der Waals surface area contributed by atoms with Gasteiger partial charge in [0.05, 0.1) is 42.7 Å². The van der Waals surface area contributed by atoms with E-state index in [0.717, 1.165) is 0 Å². The van der Waals surface area contributed by atoms with Crippen LogP contribution in [0.5, 0.6) is 34.5 Å². The minimum absolute atomic E-state index is 0.323. The minimum Gasteiger partial charge on any atom is -0.493 e. The van der Waals surface area contributed by atoms with E-state index in [9.17, 15) is 9.59 Å². The van der Waals surface area contributed by atoms with Crippen LogP contribution in [-0.2, 0) is 9.59 Å². The van der Waals surface area contributed by atoms with E-state index in [2.05, 4.69) is 34.3 Å². The van der Waals surface area contributed by atoms with Crippen LogP contribution in [0.1, 0.15) is 17.5 Å². The summed E-state index contributed by atoms with van der Waals surface area (Å²) < 4.78 is 31.6. The molecule has 0 aliphatic heterocycles. The lowest BCUT2D eigenvalue weighted by Gasteiger charge is -2.12. The molecule has 0 atom stereocenters. The van der Waals surface area contributed by atoms with Gasteiger partial charge in [0.15, 0.2) is 23.0 Å². The first-order valence-electron chi connectivity index (χ1n) is 11.1. The molecule has 0 spiro atoms. The van der Waals surface area contributed by atoms with Crippen molar-refractivity contribution in [1.29, 1.82) is 0 Å². The third-order valence-corrected chi connectivity index (χ3v) is 4.89. The maximum atomic E-state index is 12.0. The zero-order valence-corrected chi connectivity index (χ0v) is 21.7. The Kier molecular flexibility index (Phi) is 11.3. The van der Waals surface area contributed by atoms with E-state index < -0.39 is 11.8 Å². The van der Waals surface area contributed by atoms with Gasteiger partial charge in [0.1, 0.15) is 0 Å². The van der Waals surface area contributed by atoms with Crippen molar-refractivity contribution < 1.29 is 38.0 Å². The molecule has 10 heteroatoms. The molecule has 0 fully saturated rings. The molecule has 0 aliphatic carbocycles. The van der Waals surface area contributed by atoms with Gasteiger partial charge in [-0.15, -0.1) is 0 Å². The highest BCUT2D eigenvalue weighted by Gasteiger charge is 2.13. The Morgan fingerprint density at radius 3 is 1.19 bits per heavy atom. The van der Waals surface area contributed by atoms with Crippen LogP contribution in [0.4, 0.5) is 0 Å². The van der Waals surface area contributed by atoms with E-state index in [-0.39, 0.29) is 0 Å². The summed E-state index contributed by atoms with van der Waals surface area (Å²) in [6.07, 6.45) is 0.495. The highest BCUT2D eigenvalue weighted by atomic mass is 16.5. The normalized spacial score (nSPS) is 9.46. The molecule has 0 aliphatic rings. The predicted molar refractivity (Wildman–Crippen MR) is 137 cm³/mol. The van der Waals surface area contributed by atoms with Crippen molar-refractivity contribution in [1.82, 2.24) is 10.6 Å². The Morgan fingerprint density at radius 1 is 0.595 bits per heavy atom. The molecule has 0 bridgehead atoms. The molecule has 10 nitrogen and oxygen atoms in total. The molecule has 2 rings (SSSR count). The number of carbonyl (C=O) groups excluding carboxylic acids is 2. The van der Waals surface area contributed by atoms with Crippen molar-refractivity contribution in [3.63, 3.8) is 0 Å². The number of nitrogens with one attached hydrogen (secondary N) is 2. The van der Waals surface area contributed by atoms with Gasteiger partial charge in [0.25, 0.3) is 11.8 Å². The number of hydrogen-bond acceptors (Lipinski definition) is 8. The van der Waals surface area contributed by atoms with Crippen LogP contribution in [0.2, 0.25) is 0 Å². The fraction of sp³-hybridized carbons (Fsp3) is 0.333. The lowest BCUT2D eigenvalue weighted by molar-refractivity contribution is -0.116. The largest absolute Gasteiger partial charge is 0.493 e. The third-order valence-electron chi connectivity index (χ3n) is 4.89. The summed E-state index contributed by atoms with van der Waals surface area (Å²) in [7, 11) is 9.00. The monoisotopic (exact) mass is 510 g/mol. The second-order valence-corrected chi connectivity index (χ2v) is 7.19. The second-order valence-electron chi connectivity index (χ2n) is 7.19. The van der Waals surface area contributed by atoms with E-state index in [4.69, 9.17) is 28.4 Å². The van der Waals surface area contributed by atoms with Crippen molar-refractivity contribution in [2.75, 3.05) is 55.7 Å². The van der Waals surface area contributed by atoms with Crippen LogP contribution < -0.4 is 39.1 Å². The van der Waals surface area contributed by atoms with E-state index in [1.165, 1.54) is 42.7 Å². The first-order valence-corrected chi connectivity index (χ1v) is 11.1. The molecule has 2 amide bonds. The van der Waals surface area contributed by atoms with Gasteiger partial charge in [0.2, 0.25) is 11.5 Å². The molecular formula is C27H30N2O8. The quantitative estimate of drug-likeness (QED) is 0.367. The maximum absolute atomic E-state index is 12.0. The highest BCUT2D eigenvalue weighted by Crippen LogP contribution is 2.38. The Balaban J connectivity index is 1.84. The summed E-state index contributed by atoms with van der Waals surface area (Å²) in [6.45, 7) is 0.646. The molecule has 2 aromatic carbocycles. The molecule has 0 radical (unpaired) electrons. The summed E-state index contributed by atoms with van der Waals surface area (Å²) in [5, 5.41) is 5.35. The number of benzene rings is 2. The Bertz CT molecular complexity index is 1090. The Morgan fingerprint density at radius 2 is 0.919 bits per heavy atom. The summed E-state index contributed by atoms with van der Waals surface area (Å²) in [4.78, 5) is 24.1. The lowest BCUT2D eigenvalue weighted by atomic mass is 10.2. The number of amides is 2. The topological polar surface area (TPSA) is 114 Å². The molecule has 37 heavy (non-hydrogen) atoms. The minimum atomic E-state index is -0.456. The zero-order valence-electron chi connectivity index (χ0n) is 21.7. The van der Waals surface area contributed by atoms with Crippen LogP contribution >= 0.6 is 0 Å². The van der Waals surface area contributed by atoms with Gasteiger partial charge in [-0.25, -0.2) is 0 Å². The maximum Gasteiger partial charge on any atom is 0.296 e. The average molecular weight is 511 g/mol. The Hall–Kier alpha value is -4.70. The molecule has 0 saturated carbocycles. The molecule has 0 aromatic heterocycles. The van der Waals surface area contributed by atoms with Crippen molar-refractivity contribution in [2.45, 2.75) is 6.42 Å². The van der Waals surface area contributed by atoms with Crippen molar-refractivity contribution in [3.05, 3.63) is 35.4 Å². The van der Waals surface area contributed by atoms with Gasteiger partial charge in [0, 0.05) is 36.1 Å². The van der Waals surface area contributed by atoms with Gasteiger partial charge >= 0.3 is 0 Å². The molecular weight excluding hydrogens is 480 g/mol. The van der Waals surface area contributed by atoms with E-state index >= 15 is 0 Å². The van der Waals surface area contributed by atoms with E-state index in [0.29, 0.717) is 65.1 Å². The Labute approximate surface area is 216 Å². The van der Waals surface area contributed by atoms with Crippen molar-refractivity contribution >= 4 is 11.8 Å². The summed E-state index contributed by atoms with van der Waals surface area (Å²) in [5.41, 5.74) is 1.06. The molecule has 0 heterocycles. The number of carbonyl (C=O) groups is 2. The average Bonchev–Trinajstić information content (AvgIpc) is 2.93. The summed E-state index contributed by atoms with van der Waals surface area (Å²) >= 11 is 0. The summed E-state index contributed by atoms with van der Waals surface area (Å²) in [6, 6.07) is 6.60. The van der Waals surface area contributed by atoms with Gasteiger partial charge in [-0.05, 0) is 30.7 Å². The smallest absolute Gasteiger partial charge is 0.296 e. The van der Waals surface area contributed by atoms with E-state index in [1.54, 1.807) is 24.3 Å². The van der Waals surface area contributed by atoms with Gasteiger partial charge in [-0.2, -0.15) is 0 Å². The highest BCUT2D eigenvalue weighted by molar-refractivity contribution is 5.94. The van der Waals surface area contributed by atoms with Crippen LogP contribution in [0.3, 0.4) is 0 Å². The molecule has 2 aromatic rings. The van der Waals surface area contributed by atoms with Crippen molar-refractivity contribution in [2.24, 2.45) is 0 Å². The van der Waals surface area contributed by atoms with Crippen LogP contribution in [-0.4, -0.2) is 67.6 Å². The van der Waals surface area contributed by atoms with Gasteiger partial charge in [-0.3, -0.25) is 9.59 Å². The number of rotatable bonds is 10. The third kappa shape index (κ3) is 8.18. The number of ether oxygens (including phenoxy) is 6. The first kappa shape index (κ1) is 28.5. The van der Waals surface area contributed by atoms with Crippen molar-refractivity contribution in [3.8, 4) is 58.2 Å². The molecule has 196 valence electrons.